The Morgan fingerprint density at radius 3 is 2.63 bits per heavy atom. The minimum absolute atomic E-state index is 0.00649. The maximum Gasteiger partial charge on any atom is 0.310 e. The molecule has 1 amide bonds. The summed E-state index contributed by atoms with van der Waals surface area (Å²) >= 11 is 0. The van der Waals surface area contributed by atoms with Crippen molar-refractivity contribution >= 4 is 11.9 Å². The quantitative estimate of drug-likeness (QED) is 0.542. The van der Waals surface area contributed by atoms with E-state index in [1.807, 2.05) is 4.90 Å². The third-order valence-corrected chi connectivity index (χ3v) is 8.35. The van der Waals surface area contributed by atoms with E-state index in [1.165, 1.54) is 19.3 Å². The highest BCUT2D eigenvalue weighted by Crippen LogP contribution is 2.62. The Balaban J connectivity index is 1.28. The lowest BCUT2D eigenvalue weighted by Crippen LogP contribution is -2.52. The number of amides is 1. The van der Waals surface area contributed by atoms with Crippen LogP contribution in [-0.2, 0) is 19.1 Å². The van der Waals surface area contributed by atoms with Gasteiger partial charge in [0.25, 0.3) is 0 Å². The predicted molar refractivity (Wildman–Crippen MR) is 98.9 cm³/mol. The number of hydrogen-bond acceptors (Lipinski definition) is 5. The van der Waals surface area contributed by atoms with Crippen LogP contribution in [0.5, 0.6) is 0 Å². The molecule has 150 valence electrons. The van der Waals surface area contributed by atoms with E-state index in [1.54, 1.807) is 6.92 Å². The molecule has 2 saturated carbocycles. The van der Waals surface area contributed by atoms with Crippen LogP contribution in [0.4, 0.5) is 0 Å². The van der Waals surface area contributed by atoms with Crippen molar-refractivity contribution in [2.24, 2.45) is 23.2 Å². The first-order valence-corrected chi connectivity index (χ1v) is 10.7. The average molecular weight is 376 g/mol. The van der Waals surface area contributed by atoms with Crippen LogP contribution < -0.4 is 0 Å². The first-order valence-electron chi connectivity index (χ1n) is 10.7. The van der Waals surface area contributed by atoms with Crippen molar-refractivity contribution in [2.75, 3.05) is 39.3 Å². The number of epoxide rings is 1. The van der Waals surface area contributed by atoms with Gasteiger partial charge in [0.15, 0.2) is 0 Å². The van der Waals surface area contributed by atoms with E-state index in [0.29, 0.717) is 11.8 Å². The standard InChI is InChI=1S/C21H32N2O4/c1-14(24)23-8-6-22(7-9-23)12-16-15-10-18-20(2,11-17(15)27-19(16)25)4-3-5-21(18)13-26-21/h15-18H,3-13H2,1-2H3/t15-,16-,17-,18+,20-,21-/m1/s1. The zero-order valence-electron chi connectivity index (χ0n) is 16.6. The summed E-state index contributed by atoms with van der Waals surface area (Å²) in [7, 11) is 0. The topological polar surface area (TPSA) is 62.4 Å². The van der Waals surface area contributed by atoms with Gasteiger partial charge in [-0.05, 0) is 43.4 Å². The summed E-state index contributed by atoms with van der Waals surface area (Å²) in [6.45, 7) is 8.97. The van der Waals surface area contributed by atoms with Gasteiger partial charge in [0.1, 0.15) is 6.10 Å². The predicted octanol–water partition coefficient (Wildman–Crippen LogP) is 1.68. The monoisotopic (exact) mass is 376 g/mol. The Morgan fingerprint density at radius 2 is 1.96 bits per heavy atom. The van der Waals surface area contributed by atoms with Crippen molar-refractivity contribution < 1.29 is 19.1 Å². The van der Waals surface area contributed by atoms with Gasteiger partial charge in [-0.3, -0.25) is 14.5 Å². The summed E-state index contributed by atoms with van der Waals surface area (Å²) < 4.78 is 11.9. The van der Waals surface area contributed by atoms with E-state index in [-0.39, 0.29) is 34.9 Å². The Morgan fingerprint density at radius 1 is 1.22 bits per heavy atom. The number of fused-ring (bicyclic) bond motifs is 3. The maximum absolute atomic E-state index is 12.7. The van der Waals surface area contributed by atoms with E-state index in [4.69, 9.17) is 9.47 Å². The summed E-state index contributed by atoms with van der Waals surface area (Å²) in [5.41, 5.74) is 0.374. The highest BCUT2D eigenvalue weighted by atomic mass is 16.6. The summed E-state index contributed by atoms with van der Waals surface area (Å²) in [5, 5.41) is 0. The molecule has 2 aliphatic carbocycles. The summed E-state index contributed by atoms with van der Waals surface area (Å²) in [5.74, 6) is 1.05. The van der Waals surface area contributed by atoms with E-state index in [0.717, 1.165) is 52.2 Å². The van der Waals surface area contributed by atoms with Crippen molar-refractivity contribution in [3.63, 3.8) is 0 Å². The molecule has 0 N–H and O–H groups in total. The van der Waals surface area contributed by atoms with Crippen molar-refractivity contribution in [2.45, 2.75) is 57.7 Å². The van der Waals surface area contributed by atoms with Crippen LogP contribution >= 0.6 is 0 Å². The zero-order chi connectivity index (χ0) is 18.8. The second kappa shape index (κ2) is 6.18. The lowest BCUT2D eigenvalue weighted by Gasteiger charge is -2.51. The molecule has 5 rings (SSSR count). The minimum Gasteiger partial charge on any atom is -0.462 e. The number of piperazine rings is 1. The van der Waals surface area contributed by atoms with Gasteiger partial charge >= 0.3 is 5.97 Å². The Hall–Kier alpha value is -1.14. The van der Waals surface area contributed by atoms with E-state index in [9.17, 15) is 9.59 Å². The van der Waals surface area contributed by atoms with Crippen LogP contribution in [0.1, 0.15) is 46.0 Å². The summed E-state index contributed by atoms with van der Waals surface area (Å²) in [4.78, 5) is 28.5. The van der Waals surface area contributed by atoms with E-state index >= 15 is 0 Å². The maximum atomic E-state index is 12.7. The van der Waals surface area contributed by atoms with Crippen LogP contribution in [0.15, 0.2) is 0 Å². The SMILES string of the molecule is CC(=O)N1CCN(C[C@H]2C(=O)O[C@@H]3C[C@@]4(C)CCC[C@@]5(CO5)[C@H]4C[C@@H]32)CC1. The van der Waals surface area contributed by atoms with Gasteiger partial charge in [0.05, 0.1) is 18.1 Å². The van der Waals surface area contributed by atoms with Crippen LogP contribution in [0.2, 0.25) is 0 Å². The molecule has 0 aromatic rings. The molecule has 3 heterocycles. The molecule has 0 radical (unpaired) electrons. The Labute approximate surface area is 161 Å². The fraction of sp³-hybridized carbons (Fsp3) is 0.905. The molecule has 6 atom stereocenters. The molecule has 0 bridgehead atoms. The largest absolute Gasteiger partial charge is 0.462 e. The number of carbonyl (C=O) groups is 2. The number of carbonyl (C=O) groups excluding carboxylic acids is 2. The van der Waals surface area contributed by atoms with Gasteiger partial charge in [0.2, 0.25) is 5.91 Å². The lowest BCUT2D eigenvalue weighted by atomic mass is 9.53. The van der Waals surface area contributed by atoms with Crippen molar-refractivity contribution in [3.05, 3.63) is 0 Å². The average Bonchev–Trinajstić information content (AvgIpc) is 3.33. The van der Waals surface area contributed by atoms with Gasteiger partial charge in [-0.25, -0.2) is 0 Å². The molecule has 5 fully saturated rings. The molecular formula is C21H32N2O4. The molecule has 6 nitrogen and oxygen atoms in total. The molecule has 5 aliphatic rings. The fourth-order valence-electron chi connectivity index (χ4n) is 6.69. The molecule has 0 unspecified atom stereocenters. The van der Waals surface area contributed by atoms with E-state index in [2.05, 4.69) is 11.8 Å². The number of nitrogens with zero attached hydrogens (tertiary/aromatic N) is 2. The van der Waals surface area contributed by atoms with Gasteiger partial charge < -0.3 is 14.4 Å². The second-order valence-corrected chi connectivity index (χ2v) is 9.91. The first kappa shape index (κ1) is 17.9. The smallest absolute Gasteiger partial charge is 0.310 e. The van der Waals surface area contributed by atoms with Gasteiger partial charge in [0, 0.05) is 45.6 Å². The molecule has 27 heavy (non-hydrogen) atoms. The third kappa shape index (κ3) is 2.91. The Kier molecular flexibility index (Phi) is 4.10. The number of ether oxygens (including phenoxy) is 2. The zero-order valence-corrected chi connectivity index (χ0v) is 16.6. The molecular weight excluding hydrogens is 344 g/mol. The number of hydrogen-bond donors (Lipinski definition) is 0. The molecule has 3 aliphatic heterocycles. The number of rotatable bonds is 2. The molecule has 1 spiro atoms. The summed E-state index contributed by atoms with van der Waals surface area (Å²) in [6.07, 6.45) is 5.84. The van der Waals surface area contributed by atoms with E-state index < -0.39 is 0 Å². The van der Waals surface area contributed by atoms with Crippen LogP contribution in [0, 0.1) is 23.2 Å². The highest BCUT2D eigenvalue weighted by Gasteiger charge is 2.65. The second-order valence-electron chi connectivity index (χ2n) is 9.91. The Bertz CT molecular complexity index is 640. The van der Waals surface area contributed by atoms with Gasteiger partial charge in [-0.15, -0.1) is 0 Å². The summed E-state index contributed by atoms with van der Waals surface area (Å²) in [6, 6.07) is 0. The van der Waals surface area contributed by atoms with Crippen molar-refractivity contribution in [1.29, 1.82) is 0 Å². The third-order valence-electron chi connectivity index (χ3n) is 8.35. The van der Waals surface area contributed by atoms with Crippen LogP contribution in [-0.4, -0.2) is 72.7 Å². The molecule has 0 aromatic carbocycles. The van der Waals surface area contributed by atoms with Crippen LogP contribution in [0.25, 0.3) is 0 Å². The molecule has 3 saturated heterocycles. The minimum atomic E-state index is -0.0128. The van der Waals surface area contributed by atoms with Crippen LogP contribution in [0.3, 0.4) is 0 Å². The first-order chi connectivity index (χ1) is 12.9. The lowest BCUT2D eigenvalue weighted by molar-refractivity contribution is -0.147. The number of esters is 1. The molecule has 0 aromatic heterocycles. The van der Waals surface area contributed by atoms with Gasteiger partial charge in [-0.1, -0.05) is 6.92 Å². The van der Waals surface area contributed by atoms with Crippen molar-refractivity contribution in [1.82, 2.24) is 9.80 Å². The molecule has 6 heteroatoms. The fourth-order valence-corrected chi connectivity index (χ4v) is 6.69. The van der Waals surface area contributed by atoms with Gasteiger partial charge in [-0.2, -0.15) is 0 Å². The highest BCUT2D eigenvalue weighted by molar-refractivity contribution is 5.76. The normalized spacial score (nSPS) is 46.7. The van der Waals surface area contributed by atoms with Crippen molar-refractivity contribution in [3.8, 4) is 0 Å².